The summed E-state index contributed by atoms with van der Waals surface area (Å²) >= 11 is 16.9. The fraction of sp³-hybridized carbons (Fsp3) is 0.333. The molecule has 0 saturated carbocycles. The molecule has 1 atom stereocenters. The minimum absolute atomic E-state index is 0.0891. The van der Waals surface area contributed by atoms with Gasteiger partial charge in [0, 0.05) is 23.3 Å². The largest absolute Gasteiger partial charge is 0.355 e. The number of nitrogens with zero attached hydrogens (tertiary/aromatic N) is 1. The third-order valence-corrected chi connectivity index (χ3v) is 6.46. The zero-order chi connectivity index (χ0) is 21.4. The molecule has 0 aromatic heterocycles. The average molecular weight is 518 g/mol. The molecule has 2 aromatic rings. The lowest BCUT2D eigenvalue weighted by Crippen LogP contribution is -2.48. The van der Waals surface area contributed by atoms with Gasteiger partial charge in [0.25, 0.3) is 0 Å². The average Bonchev–Trinajstić information content (AvgIpc) is 2.68. The van der Waals surface area contributed by atoms with Crippen LogP contribution in [0.1, 0.15) is 25.0 Å². The van der Waals surface area contributed by atoms with Crippen LogP contribution in [0.25, 0.3) is 0 Å². The normalized spacial score (nSPS) is 11.8. The molecule has 2 amide bonds. The molecule has 0 unspecified atom stereocenters. The van der Waals surface area contributed by atoms with E-state index in [-0.39, 0.29) is 17.6 Å². The fourth-order valence-electron chi connectivity index (χ4n) is 2.71. The summed E-state index contributed by atoms with van der Waals surface area (Å²) in [7, 11) is 0. The van der Waals surface area contributed by atoms with Crippen LogP contribution in [0.3, 0.4) is 0 Å². The standard InChI is InChI=1S/C21H23BrCl2N2O2S/c1-3-25-21(28)14(2)26(11-15-5-4-6-17(22)9-15)20(27)13-29-12-16-7-8-18(23)19(24)10-16/h4-10,14H,3,11-13H2,1-2H3,(H,25,28)/t14-/m0/s1. The Morgan fingerprint density at radius 3 is 2.55 bits per heavy atom. The molecule has 8 heteroatoms. The summed E-state index contributed by atoms with van der Waals surface area (Å²) in [5.74, 6) is 0.639. The smallest absolute Gasteiger partial charge is 0.242 e. The molecule has 0 radical (unpaired) electrons. The van der Waals surface area contributed by atoms with Gasteiger partial charge in [0.15, 0.2) is 0 Å². The molecule has 0 aliphatic rings. The van der Waals surface area contributed by atoms with Gasteiger partial charge in [-0.25, -0.2) is 0 Å². The molecule has 0 bridgehead atoms. The summed E-state index contributed by atoms with van der Waals surface area (Å²) in [5.41, 5.74) is 1.95. The maximum atomic E-state index is 13.0. The third-order valence-electron chi connectivity index (χ3n) is 4.24. The first-order chi connectivity index (χ1) is 13.8. The van der Waals surface area contributed by atoms with Crippen molar-refractivity contribution in [2.45, 2.75) is 32.2 Å². The zero-order valence-electron chi connectivity index (χ0n) is 16.3. The minimum atomic E-state index is -0.563. The van der Waals surface area contributed by atoms with Gasteiger partial charge in [-0.3, -0.25) is 9.59 Å². The number of carbonyl (C=O) groups excluding carboxylic acids is 2. The quantitative estimate of drug-likeness (QED) is 0.474. The number of likely N-dealkylation sites (N-methyl/N-ethyl adjacent to an activating group) is 1. The molecule has 0 saturated heterocycles. The summed E-state index contributed by atoms with van der Waals surface area (Å²) in [6.45, 7) is 4.50. The highest BCUT2D eigenvalue weighted by Gasteiger charge is 2.25. The van der Waals surface area contributed by atoms with E-state index in [1.54, 1.807) is 24.0 Å². The second kappa shape index (κ2) is 11.8. The molecule has 29 heavy (non-hydrogen) atoms. The van der Waals surface area contributed by atoms with Crippen molar-refractivity contribution in [2.24, 2.45) is 0 Å². The molecule has 4 nitrogen and oxygen atoms in total. The molecule has 0 heterocycles. The van der Waals surface area contributed by atoms with E-state index < -0.39 is 6.04 Å². The highest BCUT2D eigenvalue weighted by molar-refractivity contribution is 9.10. The Labute approximate surface area is 194 Å². The summed E-state index contributed by atoms with van der Waals surface area (Å²) in [6, 6.07) is 12.6. The highest BCUT2D eigenvalue weighted by Crippen LogP contribution is 2.25. The number of hydrogen-bond donors (Lipinski definition) is 1. The molecule has 0 spiro atoms. The molecular weight excluding hydrogens is 495 g/mol. The first kappa shape index (κ1) is 24.1. The Morgan fingerprint density at radius 1 is 1.14 bits per heavy atom. The SMILES string of the molecule is CCNC(=O)[C@H](C)N(Cc1cccc(Br)c1)C(=O)CSCc1ccc(Cl)c(Cl)c1. The molecule has 2 rings (SSSR count). The molecule has 156 valence electrons. The lowest BCUT2D eigenvalue weighted by Gasteiger charge is -2.28. The number of halogens is 3. The Balaban J connectivity index is 2.06. The van der Waals surface area contributed by atoms with Crippen LogP contribution in [0, 0.1) is 0 Å². The molecule has 0 aliphatic carbocycles. The van der Waals surface area contributed by atoms with Gasteiger partial charge in [-0.2, -0.15) is 0 Å². The van der Waals surface area contributed by atoms with Gasteiger partial charge >= 0.3 is 0 Å². The Hall–Kier alpha value is -1.21. The van der Waals surface area contributed by atoms with Gasteiger partial charge in [0.2, 0.25) is 11.8 Å². The first-order valence-corrected chi connectivity index (χ1v) is 11.9. The predicted molar refractivity (Wildman–Crippen MR) is 125 cm³/mol. The van der Waals surface area contributed by atoms with Crippen molar-refractivity contribution in [3.63, 3.8) is 0 Å². The van der Waals surface area contributed by atoms with Crippen molar-refractivity contribution in [1.29, 1.82) is 0 Å². The van der Waals surface area contributed by atoms with E-state index in [0.29, 0.717) is 28.9 Å². The topological polar surface area (TPSA) is 49.4 Å². The zero-order valence-corrected chi connectivity index (χ0v) is 20.2. The highest BCUT2D eigenvalue weighted by atomic mass is 79.9. The number of amides is 2. The van der Waals surface area contributed by atoms with Gasteiger partial charge in [-0.1, -0.05) is 57.3 Å². The van der Waals surface area contributed by atoms with Crippen LogP contribution in [0.2, 0.25) is 10.0 Å². The van der Waals surface area contributed by atoms with E-state index >= 15 is 0 Å². The van der Waals surface area contributed by atoms with Crippen LogP contribution >= 0.6 is 50.9 Å². The van der Waals surface area contributed by atoms with E-state index in [1.807, 2.05) is 37.3 Å². The molecule has 0 aliphatic heterocycles. The number of rotatable bonds is 9. The van der Waals surface area contributed by atoms with Gasteiger partial charge in [-0.05, 0) is 49.2 Å². The van der Waals surface area contributed by atoms with Crippen LogP contribution < -0.4 is 5.32 Å². The van der Waals surface area contributed by atoms with Crippen LogP contribution in [-0.2, 0) is 21.9 Å². The van der Waals surface area contributed by atoms with Gasteiger partial charge in [-0.15, -0.1) is 11.8 Å². The van der Waals surface area contributed by atoms with Crippen molar-refractivity contribution < 1.29 is 9.59 Å². The molecular formula is C21H23BrCl2N2O2S. The van der Waals surface area contributed by atoms with Crippen LogP contribution in [0.15, 0.2) is 46.9 Å². The van der Waals surface area contributed by atoms with Crippen molar-refractivity contribution in [2.75, 3.05) is 12.3 Å². The first-order valence-electron chi connectivity index (χ1n) is 9.15. The Kier molecular flexibility index (Phi) is 9.83. The third kappa shape index (κ3) is 7.52. The minimum Gasteiger partial charge on any atom is -0.355 e. The van der Waals surface area contributed by atoms with Gasteiger partial charge in [0.05, 0.1) is 15.8 Å². The molecule has 1 N–H and O–H groups in total. The van der Waals surface area contributed by atoms with Crippen LogP contribution in [0.5, 0.6) is 0 Å². The Bertz CT molecular complexity index is 866. The van der Waals surface area contributed by atoms with E-state index in [0.717, 1.165) is 15.6 Å². The number of nitrogens with one attached hydrogen (secondary N) is 1. The maximum absolute atomic E-state index is 13.0. The number of thioether (sulfide) groups is 1. The van der Waals surface area contributed by atoms with E-state index in [9.17, 15) is 9.59 Å². The second-order valence-electron chi connectivity index (χ2n) is 6.46. The van der Waals surface area contributed by atoms with Crippen molar-refractivity contribution >= 4 is 62.7 Å². The van der Waals surface area contributed by atoms with Gasteiger partial charge < -0.3 is 10.2 Å². The lowest BCUT2D eigenvalue weighted by molar-refractivity contribution is -0.138. The summed E-state index contributed by atoms with van der Waals surface area (Å²) in [5, 5.41) is 3.80. The van der Waals surface area contributed by atoms with E-state index in [1.165, 1.54) is 11.8 Å². The number of carbonyl (C=O) groups is 2. The predicted octanol–water partition coefficient (Wildman–Crippen LogP) is 5.54. The van der Waals surface area contributed by atoms with E-state index in [2.05, 4.69) is 21.2 Å². The second-order valence-corrected chi connectivity index (χ2v) is 9.18. The Morgan fingerprint density at radius 2 is 1.90 bits per heavy atom. The van der Waals surface area contributed by atoms with Crippen LogP contribution in [0.4, 0.5) is 0 Å². The summed E-state index contributed by atoms with van der Waals surface area (Å²) in [4.78, 5) is 26.9. The van der Waals surface area contributed by atoms with Crippen molar-refractivity contribution in [3.8, 4) is 0 Å². The van der Waals surface area contributed by atoms with Crippen molar-refractivity contribution in [1.82, 2.24) is 10.2 Å². The molecule has 2 aromatic carbocycles. The van der Waals surface area contributed by atoms with Crippen LogP contribution in [-0.4, -0.2) is 35.1 Å². The molecule has 0 fully saturated rings. The fourth-order valence-corrected chi connectivity index (χ4v) is 4.33. The van der Waals surface area contributed by atoms with Crippen molar-refractivity contribution in [3.05, 3.63) is 68.1 Å². The number of hydrogen-bond acceptors (Lipinski definition) is 3. The maximum Gasteiger partial charge on any atom is 0.242 e. The lowest BCUT2D eigenvalue weighted by atomic mass is 10.1. The monoisotopic (exact) mass is 516 g/mol. The van der Waals surface area contributed by atoms with E-state index in [4.69, 9.17) is 23.2 Å². The van der Waals surface area contributed by atoms with Gasteiger partial charge in [0.1, 0.15) is 6.04 Å². The number of benzene rings is 2. The summed E-state index contributed by atoms with van der Waals surface area (Å²) < 4.78 is 0.932. The summed E-state index contributed by atoms with van der Waals surface area (Å²) in [6.07, 6.45) is 0.